The lowest BCUT2D eigenvalue weighted by atomic mass is 9.97. The van der Waals surface area contributed by atoms with E-state index >= 15 is 0 Å². The molecule has 0 bridgehead atoms. The van der Waals surface area contributed by atoms with Crippen LogP contribution in [-0.2, 0) is 11.3 Å². The van der Waals surface area contributed by atoms with Crippen molar-refractivity contribution in [3.8, 4) is 0 Å². The highest BCUT2D eigenvalue weighted by atomic mass is 16.3. The van der Waals surface area contributed by atoms with E-state index in [2.05, 4.69) is 10.6 Å². The second-order valence-electron chi connectivity index (χ2n) is 5.22. The summed E-state index contributed by atoms with van der Waals surface area (Å²) >= 11 is 0. The Balaban J connectivity index is 2.57. The van der Waals surface area contributed by atoms with Crippen LogP contribution in [0.3, 0.4) is 0 Å². The maximum atomic E-state index is 12.0. The van der Waals surface area contributed by atoms with Crippen LogP contribution in [0.4, 0.5) is 0 Å². The average Bonchev–Trinajstić information content (AvgIpc) is 2.50. The number of hydrogen-bond acceptors (Lipinski definition) is 3. The lowest BCUT2D eigenvalue weighted by Gasteiger charge is -2.25. The number of hydrogen-bond donors (Lipinski definition) is 3. The molecular formula is C16H24N2O3. The Morgan fingerprint density at radius 2 is 1.67 bits per heavy atom. The van der Waals surface area contributed by atoms with Crippen molar-refractivity contribution in [3.63, 3.8) is 0 Å². The second-order valence-corrected chi connectivity index (χ2v) is 5.22. The van der Waals surface area contributed by atoms with Gasteiger partial charge in [-0.25, -0.2) is 0 Å². The van der Waals surface area contributed by atoms with E-state index in [1.165, 1.54) is 6.92 Å². The summed E-state index contributed by atoms with van der Waals surface area (Å²) in [5.74, 6) is -0.295. The van der Waals surface area contributed by atoms with Gasteiger partial charge in [-0.3, -0.25) is 9.59 Å². The van der Waals surface area contributed by atoms with Crippen LogP contribution in [-0.4, -0.2) is 29.1 Å². The molecule has 0 aliphatic rings. The van der Waals surface area contributed by atoms with E-state index < -0.39 is 5.60 Å². The number of carbonyl (C=O) groups is 2. The lowest BCUT2D eigenvalue weighted by molar-refractivity contribution is -0.119. The van der Waals surface area contributed by atoms with E-state index in [1.807, 2.05) is 13.8 Å². The molecule has 0 saturated carbocycles. The van der Waals surface area contributed by atoms with Gasteiger partial charge in [0.05, 0.1) is 5.60 Å². The average molecular weight is 292 g/mol. The normalized spacial score (nSPS) is 11.0. The van der Waals surface area contributed by atoms with Gasteiger partial charge in [-0.15, -0.1) is 0 Å². The molecule has 116 valence electrons. The minimum absolute atomic E-state index is 0.0877. The summed E-state index contributed by atoms with van der Waals surface area (Å²) in [4.78, 5) is 22.8. The van der Waals surface area contributed by atoms with Crippen molar-refractivity contribution >= 4 is 11.8 Å². The molecule has 1 aromatic carbocycles. The molecule has 0 heterocycles. The van der Waals surface area contributed by atoms with Crippen molar-refractivity contribution in [2.24, 2.45) is 0 Å². The maximum Gasteiger partial charge on any atom is 0.251 e. The van der Waals surface area contributed by atoms with Gasteiger partial charge in [-0.05, 0) is 30.5 Å². The monoisotopic (exact) mass is 292 g/mol. The largest absolute Gasteiger partial charge is 0.388 e. The smallest absolute Gasteiger partial charge is 0.251 e. The zero-order valence-electron chi connectivity index (χ0n) is 12.9. The Kier molecular flexibility index (Phi) is 6.37. The molecule has 3 N–H and O–H groups in total. The molecule has 0 fully saturated rings. The number of carbonyl (C=O) groups excluding carboxylic acids is 2. The summed E-state index contributed by atoms with van der Waals surface area (Å²) in [6.45, 7) is 5.94. The van der Waals surface area contributed by atoms with Crippen molar-refractivity contribution < 1.29 is 14.7 Å². The number of rotatable bonds is 7. The van der Waals surface area contributed by atoms with E-state index in [4.69, 9.17) is 0 Å². The number of benzene rings is 1. The quantitative estimate of drug-likeness (QED) is 0.714. The van der Waals surface area contributed by atoms with Crippen LogP contribution in [0, 0.1) is 0 Å². The maximum absolute atomic E-state index is 12.0. The summed E-state index contributed by atoms with van der Waals surface area (Å²) in [6.07, 6.45) is 1.19. The van der Waals surface area contributed by atoms with Crippen molar-refractivity contribution in [1.82, 2.24) is 10.6 Å². The van der Waals surface area contributed by atoms with Gasteiger partial charge in [0.15, 0.2) is 0 Å². The van der Waals surface area contributed by atoms with E-state index in [1.54, 1.807) is 24.3 Å². The van der Waals surface area contributed by atoms with Crippen molar-refractivity contribution in [1.29, 1.82) is 0 Å². The van der Waals surface area contributed by atoms with Crippen LogP contribution >= 0.6 is 0 Å². The summed E-state index contributed by atoms with van der Waals surface area (Å²) in [5.41, 5.74) is 0.623. The lowest BCUT2D eigenvalue weighted by Crippen LogP contribution is -2.42. The fourth-order valence-corrected chi connectivity index (χ4v) is 1.85. The SMILES string of the molecule is CCC(O)(CC)CNC(=O)c1ccc(CNC(C)=O)cc1. The highest BCUT2D eigenvalue weighted by Crippen LogP contribution is 2.13. The van der Waals surface area contributed by atoms with Crippen molar-refractivity contribution in [2.45, 2.75) is 45.8 Å². The van der Waals surface area contributed by atoms with E-state index in [9.17, 15) is 14.7 Å². The third-order valence-electron chi connectivity index (χ3n) is 3.65. The first kappa shape index (κ1) is 17.2. The topological polar surface area (TPSA) is 78.4 Å². The third kappa shape index (κ3) is 5.55. The minimum Gasteiger partial charge on any atom is -0.388 e. The molecule has 1 aromatic rings. The molecule has 0 radical (unpaired) electrons. The Bertz CT molecular complexity index is 479. The van der Waals surface area contributed by atoms with Gasteiger partial charge in [0.1, 0.15) is 0 Å². The first-order valence-electron chi connectivity index (χ1n) is 7.24. The van der Waals surface area contributed by atoms with Gasteiger partial charge < -0.3 is 15.7 Å². The first-order valence-corrected chi connectivity index (χ1v) is 7.24. The molecule has 21 heavy (non-hydrogen) atoms. The Morgan fingerprint density at radius 3 is 2.14 bits per heavy atom. The van der Waals surface area contributed by atoms with Crippen LogP contribution in [0.15, 0.2) is 24.3 Å². The molecule has 0 spiro atoms. The standard InChI is InChI=1S/C16H24N2O3/c1-4-16(21,5-2)11-18-15(20)14-8-6-13(7-9-14)10-17-12(3)19/h6-9,21H,4-5,10-11H2,1-3H3,(H,17,19)(H,18,20). The Morgan fingerprint density at radius 1 is 1.10 bits per heavy atom. The van der Waals surface area contributed by atoms with Crippen LogP contribution in [0.1, 0.15) is 49.5 Å². The molecule has 0 aliphatic heterocycles. The predicted octanol–water partition coefficient (Wildman–Crippen LogP) is 1.60. The second kappa shape index (κ2) is 7.78. The molecule has 0 unspecified atom stereocenters. The van der Waals surface area contributed by atoms with Crippen LogP contribution in [0.25, 0.3) is 0 Å². The highest BCUT2D eigenvalue weighted by molar-refractivity contribution is 5.94. The highest BCUT2D eigenvalue weighted by Gasteiger charge is 2.22. The molecular weight excluding hydrogens is 268 g/mol. The molecule has 0 aromatic heterocycles. The van der Waals surface area contributed by atoms with Gasteiger partial charge in [-0.2, -0.15) is 0 Å². The number of aliphatic hydroxyl groups is 1. The first-order chi connectivity index (χ1) is 9.90. The van der Waals surface area contributed by atoms with Gasteiger partial charge in [0.2, 0.25) is 5.91 Å². The van der Waals surface area contributed by atoms with Crippen LogP contribution < -0.4 is 10.6 Å². The van der Waals surface area contributed by atoms with Crippen molar-refractivity contribution in [3.05, 3.63) is 35.4 Å². The third-order valence-corrected chi connectivity index (χ3v) is 3.65. The fourth-order valence-electron chi connectivity index (χ4n) is 1.85. The summed E-state index contributed by atoms with van der Waals surface area (Å²) in [5, 5.41) is 15.6. The van der Waals surface area contributed by atoms with Gasteiger partial charge in [0.25, 0.3) is 5.91 Å². The predicted molar refractivity (Wildman–Crippen MR) is 81.8 cm³/mol. The zero-order chi connectivity index (χ0) is 15.9. The van der Waals surface area contributed by atoms with Gasteiger partial charge in [0, 0.05) is 25.6 Å². The summed E-state index contributed by atoms with van der Waals surface area (Å²) in [7, 11) is 0. The van der Waals surface area contributed by atoms with E-state index in [0.717, 1.165) is 5.56 Å². The summed E-state index contributed by atoms with van der Waals surface area (Å²) < 4.78 is 0. The minimum atomic E-state index is -0.846. The van der Waals surface area contributed by atoms with E-state index in [0.29, 0.717) is 24.9 Å². The van der Waals surface area contributed by atoms with Crippen molar-refractivity contribution in [2.75, 3.05) is 6.54 Å². The van der Waals surface area contributed by atoms with Gasteiger partial charge in [-0.1, -0.05) is 26.0 Å². The Hall–Kier alpha value is -1.88. The molecule has 2 amide bonds. The number of amides is 2. The summed E-state index contributed by atoms with van der Waals surface area (Å²) in [6, 6.07) is 7.03. The fraction of sp³-hybridized carbons (Fsp3) is 0.500. The zero-order valence-corrected chi connectivity index (χ0v) is 12.9. The van der Waals surface area contributed by atoms with Crippen LogP contribution in [0.2, 0.25) is 0 Å². The molecule has 5 heteroatoms. The molecule has 5 nitrogen and oxygen atoms in total. The van der Waals surface area contributed by atoms with Gasteiger partial charge >= 0.3 is 0 Å². The van der Waals surface area contributed by atoms with E-state index in [-0.39, 0.29) is 18.4 Å². The molecule has 0 atom stereocenters. The van der Waals surface area contributed by atoms with Crippen LogP contribution in [0.5, 0.6) is 0 Å². The molecule has 0 aliphatic carbocycles. The number of nitrogens with one attached hydrogen (secondary N) is 2. The Labute approximate surface area is 125 Å². The molecule has 0 saturated heterocycles. The molecule has 1 rings (SSSR count).